The van der Waals surface area contributed by atoms with Gasteiger partial charge in [-0.25, -0.2) is 8.42 Å². The first kappa shape index (κ1) is 18.1. The predicted octanol–water partition coefficient (Wildman–Crippen LogP) is 0.981. The van der Waals surface area contributed by atoms with Gasteiger partial charge in [0.05, 0.1) is 30.2 Å². The van der Waals surface area contributed by atoms with Crippen LogP contribution in [0.4, 0.5) is 0 Å². The maximum absolute atomic E-state index is 12.4. The van der Waals surface area contributed by atoms with E-state index in [9.17, 15) is 13.2 Å². The molecule has 0 saturated carbocycles. The molecule has 1 fully saturated rings. The van der Waals surface area contributed by atoms with Gasteiger partial charge in [0.15, 0.2) is 27.9 Å². The Morgan fingerprint density at radius 3 is 2.71 bits per heavy atom. The molecule has 8 heteroatoms. The minimum Gasteiger partial charge on any atom is -0.493 e. The Hall–Kier alpha value is -2.27. The van der Waals surface area contributed by atoms with Gasteiger partial charge in [-0.05, 0) is 25.5 Å². The van der Waals surface area contributed by atoms with E-state index in [4.69, 9.17) is 14.7 Å². The molecule has 1 saturated heterocycles. The third-order valence-corrected chi connectivity index (χ3v) is 5.70. The van der Waals surface area contributed by atoms with Gasteiger partial charge in [0.1, 0.15) is 0 Å². The number of sulfone groups is 1. The zero-order valence-corrected chi connectivity index (χ0v) is 14.5. The molecule has 1 aliphatic rings. The summed E-state index contributed by atoms with van der Waals surface area (Å²) in [6.07, 6.45) is 0.460. The second-order valence-corrected chi connectivity index (χ2v) is 7.73. The van der Waals surface area contributed by atoms with Crippen molar-refractivity contribution in [3.05, 3.63) is 23.8 Å². The van der Waals surface area contributed by atoms with Crippen molar-refractivity contribution >= 4 is 15.7 Å². The van der Waals surface area contributed by atoms with Crippen LogP contribution in [0.2, 0.25) is 0 Å². The van der Waals surface area contributed by atoms with Crippen molar-refractivity contribution in [1.29, 1.82) is 5.26 Å². The minimum atomic E-state index is -3.05. The molecule has 2 rings (SSSR count). The third-order valence-electron chi connectivity index (χ3n) is 3.95. The number of benzene rings is 1. The minimum absolute atomic E-state index is 0.00671. The molecule has 1 atom stereocenters. The summed E-state index contributed by atoms with van der Waals surface area (Å²) in [5, 5.41) is 8.88. The summed E-state index contributed by atoms with van der Waals surface area (Å²) in [6.45, 7) is 2.02. The van der Waals surface area contributed by atoms with Crippen LogP contribution >= 0.6 is 0 Å². The summed E-state index contributed by atoms with van der Waals surface area (Å²) in [4.78, 5) is 13.9. The Bertz CT molecular complexity index is 754. The first-order valence-corrected chi connectivity index (χ1v) is 9.43. The molecular weight excluding hydrogens is 332 g/mol. The lowest BCUT2D eigenvalue weighted by atomic mass is 10.2. The highest BCUT2D eigenvalue weighted by molar-refractivity contribution is 7.91. The molecule has 24 heavy (non-hydrogen) atoms. The number of methoxy groups -OCH3 is 1. The number of nitriles is 1. The van der Waals surface area contributed by atoms with E-state index in [2.05, 4.69) is 0 Å². The SMILES string of the molecule is CCN(C(=O)COc1ccc(C#N)cc1OC)C1CCS(=O)(=O)C1. The van der Waals surface area contributed by atoms with Crippen molar-refractivity contribution in [2.24, 2.45) is 0 Å². The molecule has 0 aromatic heterocycles. The Balaban J connectivity index is 2.03. The highest BCUT2D eigenvalue weighted by atomic mass is 32.2. The van der Waals surface area contributed by atoms with Crippen molar-refractivity contribution in [2.75, 3.05) is 31.8 Å². The van der Waals surface area contributed by atoms with Crippen LogP contribution in [0.5, 0.6) is 11.5 Å². The summed E-state index contributed by atoms with van der Waals surface area (Å²) in [7, 11) is -1.60. The molecule has 1 aromatic carbocycles. The average molecular weight is 352 g/mol. The molecule has 7 nitrogen and oxygen atoms in total. The van der Waals surface area contributed by atoms with Crippen LogP contribution in [0, 0.1) is 11.3 Å². The standard InChI is InChI=1S/C16H20N2O5S/c1-3-18(13-6-7-24(20,21)11-13)16(19)10-23-14-5-4-12(9-17)8-15(14)22-2/h4-5,8,13H,3,6-7,10-11H2,1-2H3. The van der Waals surface area contributed by atoms with Crippen molar-refractivity contribution < 1.29 is 22.7 Å². The number of hydrogen-bond acceptors (Lipinski definition) is 6. The van der Waals surface area contributed by atoms with Crippen LogP contribution in [0.3, 0.4) is 0 Å². The fraction of sp³-hybridized carbons (Fsp3) is 0.500. The molecule has 1 aromatic rings. The number of ether oxygens (including phenoxy) is 2. The molecule has 0 spiro atoms. The van der Waals surface area contributed by atoms with Gasteiger partial charge in [-0.1, -0.05) is 0 Å². The second-order valence-electron chi connectivity index (χ2n) is 5.50. The van der Waals surface area contributed by atoms with Gasteiger partial charge in [0, 0.05) is 18.7 Å². The summed E-state index contributed by atoms with van der Waals surface area (Å²) >= 11 is 0. The second kappa shape index (κ2) is 7.53. The van der Waals surface area contributed by atoms with Crippen molar-refractivity contribution in [3.8, 4) is 17.6 Å². The van der Waals surface area contributed by atoms with Crippen LogP contribution in [0.25, 0.3) is 0 Å². The van der Waals surface area contributed by atoms with E-state index >= 15 is 0 Å². The first-order chi connectivity index (χ1) is 11.4. The molecule has 1 heterocycles. The molecule has 130 valence electrons. The number of carbonyl (C=O) groups excluding carboxylic acids is 1. The molecule has 1 amide bonds. The Morgan fingerprint density at radius 1 is 1.42 bits per heavy atom. The first-order valence-electron chi connectivity index (χ1n) is 7.61. The Kier molecular flexibility index (Phi) is 5.67. The fourth-order valence-electron chi connectivity index (χ4n) is 2.74. The van der Waals surface area contributed by atoms with Gasteiger partial charge in [-0.3, -0.25) is 4.79 Å². The summed E-state index contributed by atoms with van der Waals surface area (Å²) in [6, 6.07) is 6.38. The zero-order valence-electron chi connectivity index (χ0n) is 13.7. The Labute approximate surface area is 141 Å². The van der Waals surface area contributed by atoms with E-state index in [0.29, 0.717) is 30.0 Å². The van der Waals surface area contributed by atoms with Crippen LogP contribution in [-0.4, -0.2) is 57.0 Å². The number of likely N-dealkylation sites (N-methyl/N-ethyl adjacent to an activating group) is 1. The van der Waals surface area contributed by atoms with Crippen molar-refractivity contribution in [3.63, 3.8) is 0 Å². The highest BCUT2D eigenvalue weighted by Crippen LogP contribution is 2.28. The number of amides is 1. The Morgan fingerprint density at radius 2 is 2.17 bits per heavy atom. The monoisotopic (exact) mass is 352 g/mol. The van der Waals surface area contributed by atoms with Gasteiger partial charge < -0.3 is 14.4 Å². The molecule has 1 aliphatic heterocycles. The normalized spacial score (nSPS) is 18.6. The van der Waals surface area contributed by atoms with Crippen LogP contribution in [0.1, 0.15) is 18.9 Å². The lowest BCUT2D eigenvalue weighted by Crippen LogP contribution is -2.43. The summed E-state index contributed by atoms with van der Waals surface area (Å²) in [5.41, 5.74) is 0.428. The molecule has 0 N–H and O–H groups in total. The van der Waals surface area contributed by atoms with Crippen LogP contribution in [0.15, 0.2) is 18.2 Å². The number of rotatable bonds is 6. The van der Waals surface area contributed by atoms with Gasteiger partial charge in [-0.2, -0.15) is 5.26 Å². The summed E-state index contributed by atoms with van der Waals surface area (Å²) < 4.78 is 33.9. The van der Waals surface area contributed by atoms with Gasteiger partial charge in [-0.15, -0.1) is 0 Å². The summed E-state index contributed by atoms with van der Waals surface area (Å²) in [5.74, 6) is 0.581. The highest BCUT2D eigenvalue weighted by Gasteiger charge is 2.34. The van der Waals surface area contributed by atoms with E-state index in [-0.39, 0.29) is 30.1 Å². The van der Waals surface area contributed by atoms with Gasteiger partial charge in [0.2, 0.25) is 0 Å². The number of hydrogen-bond donors (Lipinski definition) is 0. The number of carbonyl (C=O) groups is 1. The third kappa shape index (κ3) is 4.17. The molecule has 0 radical (unpaired) electrons. The predicted molar refractivity (Wildman–Crippen MR) is 87.6 cm³/mol. The smallest absolute Gasteiger partial charge is 0.260 e. The fourth-order valence-corrected chi connectivity index (χ4v) is 4.47. The average Bonchev–Trinajstić information content (AvgIpc) is 2.93. The maximum Gasteiger partial charge on any atom is 0.260 e. The molecule has 1 unspecified atom stereocenters. The van der Waals surface area contributed by atoms with Crippen LogP contribution < -0.4 is 9.47 Å². The zero-order chi connectivity index (χ0) is 17.7. The largest absolute Gasteiger partial charge is 0.493 e. The maximum atomic E-state index is 12.4. The van der Waals surface area contributed by atoms with E-state index in [0.717, 1.165) is 0 Å². The van der Waals surface area contributed by atoms with E-state index < -0.39 is 9.84 Å². The van der Waals surface area contributed by atoms with Crippen molar-refractivity contribution in [1.82, 2.24) is 4.90 Å². The van der Waals surface area contributed by atoms with Crippen molar-refractivity contribution in [2.45, 2.75) is 19.4 Å². The van der Waals surface area contributed by atoms with E-state index in [1.807, 2.05) is 13.0 Å². The van der Waals surface area contributed by atoms with E-state index in [1.165, 1.54) is 13.2 Å². The number of nitrogens with zero attached hydrogens (tertiary/aromatic N) is 2. The van der Waals surface area contributed by atoms with E-state index in [1.54, 1.807) is 17.0 Å². The topological polar surface area (TPSA) is 96.7 Å². The lowest BCUT2D eigenvalue weighted by molar-refractivity contribution is -0.135. The molecule has 0 aliphatic carbocycles. The molecule has 0 bridgehead atoms. The lowest BCUT2D eigenvalue weighted by Gasteiger charge is -2.26. The quantitative estimate of drug-likeness (QED) is 0.757. The van der Waals surface area contributed by atoms with Gasteiger partial charge >= 0.3 is 0 Å². The molecular formula is C16H20N2O5S. The van der Waals surface area contributed by atoms with Gasteiger partial charge in [0.25, 0.3) is 5.91 Å². The van der Waals surface area contributed by atoms with Crippen LogP contribution in [-0.2, 0) is 14.6 Å².